The lowest BCUT2D eigenvalue weighted by Crippen LogP contribution is -2.44. The average Bonchev–Trinajstić information content (AvgIpc) is 2.16. The molecule has 0 spiro atoms. The zero-order valence-electron chi connectivity index (χ0n) is 7.60. The van der Waals surface area contributed by atoms with Gasteiger partial charge in [0.1, 0.15) is 0 Å². The smallest absolute Gasteiger partial charge is 0.338 e. The third-order valence-electron chi connectivity index (χ3n) is 1.90. The lowest BCUT2D eigenvalue weighted by Gasteiger charge is -2.24. The molecule has 82 valence electrons. The van der Waals surface area contributed by atoms with Crippen LogP contribution >= 0.6 is 0 Å². The highest BCUT2D eigenvalue weighted by atomic mass is 32.2. The van der Waals surface area contributed by atoms with E-state index in [9.17, 15) is 13.2 Å². The van der Waals surface area contributed by atoms with Crippen molar-refractivity contribution >= 4 is 16.3 Å². The van der Waals surface area contributed by atoms with Gasteiger partial charge in [0.15, 0.2) is 0 Å². The Morgan fingerprint density at radius 3 is 2.36 bits per heavy atom. The standard InChI is InChI=1S/C6H13N3O4S/c7-6(10)13-8-14(11,12)9-4-2-1-3-5-9/h8H,1-5H2,(H2,7,10). The second kappa shape index (κ2) is 4.58. The predicted octanol–water partition coefficient (Wildman–Crippen LogP) is -0.683. The Hall–Kier alpha value is -0.860. The molecule has 0 atom stereocenters. The normalized spacial score (nSPS) is 19.1. The van der Waals surface area contributed by atoms with E-state index in [-0.39, 0.29) is 0 Å². The molecule has 0 bridgehead atoms. The van der Waals surface area contributed by atoms with Gasteiger partial charge in [-0.25, -0.2) is 4.79 Å². The highest BCUT2D eigenvalue weighted by molar-refractivity contribution is 7.87. The van der Waals surface area contributed by atoms with Crippen molar-refractivity contribution in [3.63, 3.8) is 0 Å². The van der Waals surface area contributed by atoms with E-state index in [4.69, 9.17) is 0 Å². The van der Waals surface area contributed by atoms with Crippen molar-refractivity contribution in [1.29, 1.82) is 0 Å². The first-order valence-electron chi connectivity index (χ1n) is 4.25. The number of hydrogen-bond donors (Lipinski definition) is 2. The molecule has 0 aromatic carbocycles. The van der Waals surface area contributed by atoms with Gasteiger partial charge in [-0.1, -0.05) is 6.42 Å². The molecule has 0 aromatic heterocycles. The SMILES string of the molecule is NC(=O)ONS(=O)(=O)N1CCCCC1. The van der Waals surface area contributed by atoms with Crippen molar-refractivity contribution < 1.29 is 18.0 Å². The number of carbonyl (C=O) groups excluding carboxylic acids is 1. The minimum Gasteiger partial charge on any atom is -0.338 e. The summed E-state index contributed by atoms with van der Waals surface area (Å²) in [5.41, 5.74) is 4.62. The summed E-state index contributed by atoms with van der Waals surface area (Å²) in [5.74, 6) is 0. The summed E-state index contributed by atoms with van der Waals surface area (Å²) in [6.07, 6.45) is 1.48. The van der Waals surface area contributed by atoms with Gasteiger partial charge in [0.25, 0.3) is 0 Å². The number of nitrogens with one attached hydrogen (secondary N) is 1. The number of piperidine rings is 1. The molecule has 0 aliphatic carbocycles. The zero-order chi connectivity index (χ0) is 10.6. The maximum Gasteiger partial charge on any atom is 0.424 e. The van der Waals surface area contributed by atoms with Crippen LogP contribution in [0.5, 0.6) is 0 Å². The van der Waals surface area contributed by atoms with Gasteiger partial charge >= 0.3 is 16.3 Å². The summed E-state index contributed by atoms with van der Waals surface area (Å²) in [4.78, 5) is 15.9. The average molecular weight is 223 g/mol. The van der Waals surface area contributed by atoms with Crippen molar-refractivity contribution in [3.05, 3.63) is 0 Å². The van der Waals surface area contributed by atoms with E-state index < -0.39 is 16.3 Å². The van der Waals surface area contributed by atoms with Crippen LogP contribution in [0, 0.1) is 0 Å². The number of hydrogen-bond acceptors (Lipinski definition) is 4. The summed E-state index contributed by atoms with van der Waals surface area (Å²) in [5, 5.41) is 0. The Kier molecular flexibility index (Phi) is 3.67. The van der Waals surface area contributed by atoms with E-state index in [1.807, 2.05) is 0 Å². The molecule has 14 heavy (non-hydrogen) atoms. The Morgan fingerprint density at radius 1 is 1.29 bits per heavy atom. The topological polar surface area (TPSA) is 102 Å². The Labute approximate surface area is 82.3 Å². The van der Waals surface area contributed by atoms with E-state index in [0.29, 0.717) is 13.1 Å². The maximum atomic E-state index is 11.4. The fourth-order valence-electron chi connectivity index (χ4n) is 1.25. The van der Waals surface area contributed by atoms with Gasteiger partial charge in [0, 0.05) is 13.1 Å². The molecule has 1 aliphatic rings. The number of amides is 1. The zero-order valence-corrected chi connectivity index (χ0v) is 8.42. The molecule has 0 unspecified atom stereocenters. The van der Waals surface area contributed by atoms with Crippen LogP contribution in [-0.2, 0) is 15.0 Å². The van der Waals surface area contributed by atoms with E-state index in [1.165, 1.54) is 4.31 Å². The molecular weight excluding hydrogens is 210 g/mol. The summed E-state index contributed by atoms with van der Waals surface area (Å²) in [6, 6.07) is 0. The summed E-state index contributed by atoms with van der Waals surface area (Å²) in [7, 11) is -3.72. The number of carbonyl (C=O) groups is 1. The van der Waals surface area contributed by atoms with Crippen LogP contribution in [0.1, 0.15) is 19.3 Å². The molecular formula is C6H13N3O4S. The highest BCUT2D eigenvalue weighted by Gasteiger charge is 2.24. The van der Waals surface area contributed by atoms with Gasteiger partial charge < -0.3 is 10.6 Å². The van der Waals surface area contributed by atoms with Gasteiger partial charge in [0.05, 0.1) is 0 Å². The second-order valence-corrected chi connectivity index (χ2v) is 4.60. The Bertz CT molecular complexity index is 296. The predicted molar refractivity (Wildman–Crippen MR) is 48.1 cm³/mol. The van der Waals surface area contributed by atoms with Gasteiger partial charge in [-0.05, 0) is 17.7 Å². The molecule has 1 saturated heterocycles. The molecule has 0 aromatic rings. The minimum absolute atomic E-state index is 0.442. The first-order valence-corrected chi connectivity index (χ1v) is 5.69. The third-order valence-corrected chi connectivity index (χ3v) is 3.24. The van der Waals surface area contributed by atoms with Crippen molar-refractivity contribution in [2.45, 2.75) is 19.3 Å². The van der Waals surface area contributed by atoms with Gasteiger partial charge in [0.2, 0.25) is 0 Å². The molecule has 1 heterocycles. The molecule has 0 saturated carbocycles. The third kappa shape index (κ3) is 3.13. The number of rotatable bonds is 3. The fourth-order valence-corrected chi connectivity index (χ4v) is 2.28. The van der Waals surface area contributed by atoms with Gasteiger partial charge in [-0.3, -0.25) is 0 Å². The minimum atomic E-state index is -3.72. The largest absolute Gasteiger partial charge is 0.424 e. The Morgan fingerprint density at radius 2 is 1.86 bits per heavy atom. The van der Waals surface area contributed by atoms with Gasteiger partial charge in [-0.15, -0.1) is 0 Å². The molecule has 7 nitrogen and oxygen atoms in total. The quantitative estimate of drug-likeness (QED) is 0.618. The first-order chi connectivity index (χ1) is 6.52. The van der Waals surface area contributed by atoms with Crippen molar-refractivity contribution in [3.8, 4) is 0 Å². The molecule has 3 N–H and O–H groups in total. The summed E-state index contributed by atoms with van der Waals surface area (Å²) >= 11 is 0. The fraction of sp³-hybridized carbons (Fsp3) is 0.833. The van der Waals surface area contributed by atoms with Crippen LogP contribution < -0.4 is 10.6 Å². The number of nitrogens with zero attached hydrogens (tertiary/aromatic N) is 1. The van der Waals surface area contributed by atoms with E-state index >= 15 is 0 Å². The van der Waals surface area contributed by atoms with Crippen LogP contribution in [-0.4, -0.2) is 31.9 Å². The van der Waals surface area contributed by atoms with Crippen LogP contribution in [0.25, 0.3) is 0 Å². The van der Waals surface area contributed by atoms with E-state index in [0.717, 1.165) is 19.3 Å². The second-order valence-electron chi connectivity index (χ2n) is 2.97. The van der Waals surface area contributed by atoms with Crippen LogP contribution in [0.4, 0.5) is 4.79 Å². The van der Waals surface area contributed by atoms with Crippen LogP contribution in [0.3, 0.4) is 0 Å². The van der Waals surface area contributed by atoms with Crippen LogP contribution in [0.15, 0.2) is 0 Å². The molecule has 1 aliphatic heterocycles. The highest BCUT2D eigenvalue weighted by Crippen LogP contribution is 2.11. The monoisotopic (exact) mass is 223 g/mol. The van der Waals surface area contributed by atoms with Gasteiger partial charge in [-0.2, -0.15) is 12.7 Å². The molecule has 1 fully saturated rings. The molecule has 1 amide bonds. The van der Waals surface area contributed by atoms with E-state index in [2.05, 4.69) is 10.6 Å². The van der Waals surface area contributed by atoms with Crippen molar-refractivity contribution in [2.24, 2.45) is 5.73 Å². The number of primary amides is 1. The lowest BCUT2D eigenvalue weighted by atomic mass is 10.2. The van der Waals surface area contributed by atoms with E-state index in [1.54, 1.807) is 4.89 Å². The molecule has 8 heteroatoms. The summed E-state index contributed by atoms with van der Waals surface area (Å²) in [6.45, 7) is 0.884. The van der Waals surface area contributed by atoms with Crippen molar-refractivity contribution in [2.75, 3.05) is 13.1 Å². The lowest BCUT2D eigenvalue weighted by molar-refractivity contribution is 0.130. The van der Waals surface area contributed by atoms with Crippen LogP contribution in [0.2, 0.25) is 0 Å². The maximum absolute atomic E-state index is 11.4. The molecule has 0 radical (unpaired) electrons. The van der Waals surface area contributed by atoms with Crippen molar-refractivity contribution in [1.82, 2.24) is 9.19 Å². The first kappa shape index (κ1) is 11.2. The number of nitrogens with two attached hydrogens (primary N) is 1. The summed E-state index contributed by atoms with van der Waals surface area (Å²) < 4.78 is 24.0. The Balaban J connectivity index is 2.50. The molecule has 1 rings (SSSR count).